The lowest BCUT2D eigenvalue weighted by molar-refractivity contribution is 0.101. The minimum Gasteiger partial charge on any atom is -0.298 e. The zero-order valence-electron chi connectivity index (χ0n) is 17.8. The van der Waals surface area contributed by atoms with Crippen molar-refractivity contribution in [3.63, 3.8) is 0 Å². The Hall–Kier alpha value is -3.34. The van der Waals surface area contributed by atoms with Crippen molar-refractivity contribution in [1.82, 2.24) is 4.98 Å². The first kappa shape index (κ1) is 23.8. The number of hydrogen-bond donors (Lipinski definition) is 2. The van der Waals surface area contributed by atoms with Crippen LogP contribution in [0.25, 0.3) is 11.3 Å². The molecule has 0 unspecified atom stereocenters. The Labute approximate surface area is 209 Å². The number of sulfonamides is 1. The van der Waals surface area contributed by atoms with Gasteiger partial charge in [0.1, 0.15) is 0 Å². The number of anilines is 2. The van der Waals surface area contributed by atoms with E-state index in [-0.39, 0.29) is 21.9 Å². The molecule has 1 heterocycles. The van der Waals surface area contributed by atoms with Crippen molar-refractivity contribution in [3.05, 3.63) is 93.8 Å². The molecule has 0 aliphatic heterocycles. The highest BCUT2D eigenvalue weighted by atomic mass is 79.9. The SMILES string of the molecule is CC(=O)c1cccc(NS(=O)(=O)c2ccc(C(=O)Nc3nc(-c4cccc(Br)c4)cs3)cc2)c1. The van der Waals surface area contributed by atoms with Gasteiger partial charge in [-0.1, -0.05) is 40.2 Å². The minimum atomic E-state index is -3.90. The van der Waals surface area contributed by atoms with Gasteiger partial charge in [0.25, 0.3) is 15.9 Å². The van der Waals surface area contributed by atoms with Gasteiger partial charge >= 0.3 is 0 Å². The number of hydrogen-bond acceptors (Lipinski definition) is 6. The monoisotopic (exact) mass is 555 g/mol. The third kappa shape index (κ3) is 5.58. The van der Waals surface area contributed by atoms with E-state index in [9.17, 15) is 18.0 Å². The Morgan fingerprint density at radius 1 is 0.941 bits per heavy atom. The summed E-state index contributed by atoms with van der Waals surface area (Å²) in [6, 6.07) is 19.5. The first-order chi connectivity index (χ1) is 16.2. The second-order valence-electron chi connectivity index (χ2n) is 7.27. The fraction of sp³-hybridized carbons (Fsp3) is 0.0417. The van der Waals surface area contributed by atoms with Gasteiger partial charge in [0.2, 0.25) is 0 Å². The molecule has 1 aromatic heterocycles. The molecule has 0 aliphatic rings. The van der Waals surface area contributed by atoms with Crippen LogP contribution in [-0.2, 0) is 10.0 Å². The van der Waals surface area contributed by atoms with Crippen molar-refractivity contribution < 1.29 is 18.0 Å². The highest BCUT2D eigenvalue weighted by Gasteiger charge is 2.17. The predicted octanol–water partition coefficient (Wildman–Crippen LogP) is 5.83. The first-order valence-electron chi connectivity index (χ1n) is 9.98. The molecule has 0 aliphatic carbocycles. The fourth-order valence-electron chi connectivity index (χ4n) is 3.08. The van der Waals surface area contributed by atoms with E-state index in [2.05, 4.69) is 31.0 Å². The Kier molecular flexibility index (Phi) is 6.92. The summed E-state index contributed by atoms with van der Waals surface area (Å²) in [5.41, 5.74) is 2.62. The van der Waals surface area contributed by atoms with Crippen molar-refractivity contribution >= 4 is 59.8 Å². The van der Waals surface area contributed by atoms with Crippen LogP contribution < -0.4 is 10.0 Å². The van der Waals surface area contributed by atoms with Crippen molar-refractivity contribution in [1.29, 1.82) is 0 Å². The molecule has 4 aromatic rings. The third-order valence-corrected chi connectivity index (χ3v) is 7.44. The summed E-state index contributed by atoms with van der Waals surface area (Å²) in [6.45, 7) is 1.41. The van der Waals surface area contributed by atoms with E-state index in [1.165, 1.54) is 48.6 Å². The molecule has 10 heteroatoms. The fourth-order valence-corrected chi connectivity index (χ4v) is 5.25. The summed E-state index contributed by atoms with van der Waals surface area (Å²) in [5, 5.41) is 5.02. The van der Waals surface area contributed by atoms with Gasteiger partial charge in [-0.2, -0.15) is 0 Å². The standard InChI is InChI=1S/C24H18BrN3O4S2/c1-15(29)17-4-3-7-20(13-17)28-34(31,32)21-10-8-16(9-11-21)23(30)27-24-26-22(14-33-24)18-5-2-6-19(25)12-18/h2-14,28H,1H3,(H,26,27,30). The van der Waals surface area contributed by atoms with Gasteiger partial charge in [-0.05, 0) is 55.5 Å². The molecule has 172 valence electrons. The molecule has 0 fully saturated rings. The lowest BCUT2D eigenvalue weighted by Crippen LogP contribution is -2.15. The van der Waals surface area contributed by atoms with E-state index >= 15 is 0 Å². The van der Waals surface area contributed by atoms with Crippen LogP contribution in [0.3, 0.4) is 0 Å². The third-order valence-electron chi connectivity index (χ3n) is 4.79. The van der Waals surface area contributed by atoms with Crippen LogP contribution in [0.15, 0.2) is 87.5 Å². The smallest absolute Gasteiger partial charge is 0.261 e. The summed E-state index contributed by atoms with van der Waals surface area (Å²) < 4.78 is 28.8. The number of ketones is 1. The topological polar surface area (TPSA) is 105 Å². The Morgan fingerprint density at radius 3 is 2.38 bits per heavy atom. The Balaban J connectivity index is 1.45. The number of amides is 1. The predicted molar refractivity (Wildman–Crippen MR) is 137 cm³/mol. The van der Waals surface area contributed by atoms with Crippen molar-refractivity contribution in [2.45, 2.75) is 11.8 Å². The van der Waals surface area contributed by atoms with Crippen LogP contribution in [0.2, 0.25) is 0 Å². The van der Waals surface area contributed by atoms with Crippen LogP contribution in [0.4, 0.5) is 10.8 Å². The first-order valence-corrected chi connectivity index (χ1v) is 13.1. The molecule has 0 saturated carbocycles. The summed E-state index contributed by atoms with van der Waals surface area (Å²) in [7, 11) is -3.90. The Bertz CT molecular complexity index is 1480. The quantitative estimate of drug-likeness (QED) is 0.279. The molecule has 1 amide bonds. The number of halogens is 1. The lowest BCUT2D eigenvalue weighted by atomic mass is 10.1. The van der Waals surface area contributed by atoms with Gasteiger partial charge in [0.05, 0.1) is 10.6 Å². The zero-order chi connectivity index (χ0) is 24.3. The van der Waals surface area contributed by atoms with Crippen molar-refractivity contribution in [3.8, 4) is 11.3 Å². The number of rotatable bonds is 7. The van der Waals surface area contributed by atoms with Gasteiger partial charge in [0.15, 0.2) is 10.9 Å². The van der Waals surface area contributed by atoms with Gasteiger partial charge in [-0.15, -0.1) is 11.3 Å². The molecule has 0 spiro atoms. The maximum absolute atomic E-state index is 12.7. The average molecular weight is 556 g/mol. The molecular weight excluding hydrogens is 538 g/mol. The number of nitrogens with one attached hydrogen (secondary N) is 2. The number of aromatic nitrogens is 1. The van der Waals surface area contributed by atoms with Gasteiger partial charge in [-0.3, -0.25) is 19.6 Å². The number of nitrogens with zero attached hydrogens (tertiary/aromatic N) is 1. The molecule has 0 atom stereocenters. The lowest BCUT2D eigenvalue weighted by Gasteiger charge is -2.09. The molecule has 2 N–H and O–H groups in total. The zero-order valence-corrected chi connectivity index (χ0v) is 21.0. The minimum absolute atomic E-state index is 0.0107. The van der Waals surface area contributed by atoms with Gasteiger partial charge in [0, 0.05) is 32.2 Å². The molecule has 4 rings (SSSR count). The maximum Gasteiger partial charge on any atom is 0.261 e. The maximum atomic E-state index is 12.7. The molecule has 0 radical (unpaired) electrons. The number of benzene rings is 3. The molecule has 0 saturated heterocycles. The summed E-state index contributed by atoms with van der Waals surface area (Å²) in [5.74, 6) is -0.568. The van der Waals surface area contributed by atoms with E-state index < -0.39 is 15.9 Å². The van der Waals surface area contributed by atoms with E-state index in [0.717, 1.165) is 15.7 Å². The molecule has 34 heavy (non-hydrogen) atoms. The molecular formula is C24H18BrN3O4S2. The number of thiazole rings is 1. The summed E-state index contributed by atoms with van der Waals surface area (Å²) in [4.78, 5) is 28.6. The second kappa shape index (κ2) is 9.88. The normalized spacial score (nSPS) is 11.1. The van der Waals surface area contributed by atoms with Crippen molar-refractivity contribution in [2.24, 2.45) is 0 Å². The summed E-state index contributed by atoms with van der Waals surface area (Å²) in [6.07, 6.45) is 0. The number of carbonyl (C=O) groups excluding carboxylic acids is 2. The average Bonchev–Trinajstić information content (AvgIpc) is 3.27. The number of carbonyl (C=O) groups is 2. The van der Waals surface area contributed by atoms with E-state index in [1.807, 2.05) is 29.6 Å². The van der Waals surface area contributed by atoms with Crippen LogP contribution in [-0.4, -0.2) is 25.1 Å². The second-order valence-corrected chi connectivity index (χ2v) is 10.7. The van der Waals surface area contributed by atoms with Gasteiger partial charge < -0.3 is 0 Å². The van der Waals surface area contributed by atoms with Gasteiger partial charge in [-0.25, -0.2) is 13.4 Å². The largest absolute Gasteiger partial charge is 0.298 e. The summed E-state index contributed by atoms with van der Waals surface area (Å²) >= 11 is 4.73. The van der Waals surface area contributed by atoms with Crippen LogP contribution in [0.1, 0.15) is 27.6 Å². The van der Waals surface area contributed by atoms with Crippen LogP contribution in [0.5, 0.6) is 0 Å². The van der Waals surface area contributed by atoms with E-state index in [1.54, 1.807) is 18.2 Å². The Morgan fingerprint density at radius 2 is 1.68 bits per heavy atom. The molecule has 7 nitrogen and oxygen atoms in total. The van der Waals surface area contributed by atoms with Crippen LogP contribution >= 0.6 is 27.3 Å². The highest BCUT2D eigenvalue weighted by Crippen LogP contribution is 2.27. The van der Waals surface area contributed by atoms with Crippen molar-refractivity contribution in [2.75, 3.05) is 10.0 Å². The van der Waals surface area contributed by atoms with Crippen LogP contribution in [0, 0.1) is 0 Å². The number of Topliss-reactive ketones (excluding diaryl/α,β-unsaturated/α-hetero) is 1. The molecule has 0 bridgehead atoms. The van der Waals surface area contributed by atoms with E-state index in [4.69, 9.17) is 0 Å². The van der Waals surface area contributed by atoms with E-state index in [0.29, 0.717) is 10.7 Å². The molecule has 3 aromatic carbocycles. The highest BCUT2D eigenvalue weighted by molar-refractivity contribution is 9.10.